The van der Waals surface area contributed by atoms with E-state index >= 15 is 0 Å². The number of hydrogen-bond acceptors (Lipinski definition) is 0. The Kier molecular flexibility index (Phi) is 9.15. The Morgan fingerprint density at radius 1 is 0.523 bits per heavy atom. The topological polar surface area (TPSA) is 0 Å². The van der Waals surface area contributed by atoms with E-state index in [1.54, 1.807) is 43.8 Å². The number of aryl methyl sites for hydroxylation is 4. The number of hydrogen-bond donors (Lipinski definition) is 0. The van der Waals surface area contributed by atoms with Gasteiger partial charge < -0.3 is 0 Å². The van der Waals surface area contributed by atoms with E-state index < -0.39 is 16.1 Å². The Morgan fingerprint density at radius 2 is 0.886 bits per heavy atom. The van der Waals surface area contributed by atoms with Gasteiger partial charge in [0.1, 0.15) is 0 Å². The zero-order valence-corrected chi connectivity index (χ0v) is 32.4. The molecule has 2 aliphatic carbocycles. The molecule has 5 rings (SSSR count). The summed E-state index contributed by atoms with van der Waals surface area (Å²) in [5.41, 5.74) is 13.6. The Balaban J connectivity index is 1.33. The standard InChI is InChI=1S/C42H62Si2/c1-41(2,3)27-35-23-33-21-29(15-19-37(33)35)13-17-31-25-40(44(10,11)12)32(26-39(31)43(7,8)9)18-14-30-16-20-38-34(22-30)24-36(38)28-42(4,5)6/h15-16,19-22,25-26,35-36H,13-14,17-18,23-24,27-28H2,1-12H3. The average molecular weight is 623 g/mol. The molecule has 44 heavy (non-hydrogen) atoms. The zero-order valence-electron chi connectivity index (χ0n) is 30.4. The van der Waals surface area contributed by atoms with Crippen LogP contribution in [0, 0.1) is 10.8 Å². The Bertz CT molecular complexity index is 1380. The molecule has 0 heterocycles. The zero-order chi connectivity index (χ0) is 32.2. The van der Waals surface area contributed by atoms with Crippen LogP contribution in [0.2, 0.25) is 39.3 Å². The highest BCUT2D eigenvalue weighted by molar-refractivity contribution is 6.90. The average Bonchev–Trinajstić information content (AvgIpc) is 2.85. The molecule has 2 unspecified atom stereocenters. The van der Waals surface area contributed by atoms with Gasteiger partial charge in [0.2, 0.25) is 0 Å². The minimum absolute atomic E-state index is 0.409. The van der Waals surface area contributed by atoms with Gasteiger partial charge in [-0.15, -0.1) is 0 Å². The van der Waals surface area contributed by atoms with Gasteiger partial charge in [0.25, 0.3) is 0 Å². The quantitative estimate of drug-likeness (QED) is 0.197. The number of rotatable bonds is 10. The van der Waals surface area contributed by atoms with Gasteiger partial charge in [-0.3, -0.25) is 0 Å². The van der Waals surface area contributed by atoms with Crippen molar-refractivity contribution in [3.63, 3.8) is 0 Å². The van der Waals surface area contributed by atoms with Gasteiger partial charge in [-0.25, -0.2) is 0 Å². The lowest BCUT2D eigenvalue weighted by Gasteiger charge is -2.35. The predicted octanol–water partition coefficient (Wildman–Crippen LogP) is 10.5. The second kappa shape index (κ2) is 12.0. The highest BCUT2D eigenvalue weighted by atomic mass is 28.3. The molecule has 2 heteroatoms. The van der Waals surface area contributed by atoms with Crippen molar-refractivity contribution in [2.75, 3.05) is 0 Å². The van der Waals surface area contributed by atoms with Gasteiger partial charge in [-0.05, 0) is 119 Å². The summed E-state index contributed by atoms with van der Waals surface area (Å²) in [4.78, 5) is 0. The Labute approximate surface area is 273 Å². The van der Waals surface area contributed by atoms with Gasteiger partial charge in [0.05, 0.1) is 16.1 Å². The maximum Gasteiger partial charge on any atom is 0.0779 e. The molecule has 2 aliphatic rings. The van der Waals surface area contributed by atoms with Gasteiger partial charge in [0, 0.05) is 0 Å². The fourth-order valence-electron chi connectivity index (χ4n) is 8.17. The van der Waals surface area contributed by atoms with Crippen molar-refractivity contribution in [2.45, 2.75) is 144 Å². The van der Waals surface area contributed by atoms with Crippen molar-refractivity contribution in [3.05, 3.63) is 93.0 Å². The van der Waals surface area contributed by atoms with Gasteiger partial charge in [-0.1, -0.05) is 140 Å². The van der Waals surface area contributed by atoms with E-state index in [1.165, 1.54) is 49.7 Å². The lowest BCUT2D eigenvalue weighted by molar-refractivity contribution is 0.323. The summed E-state index contributed by atoms with van der Waals surface area (Å²) in [5.74, 6) is 1.53. The molecule has 0 spiro atoms. The van der Waals surface area contributed by atoms with Crippen LogP contribution in [0.3, 0.4) is 0 Å². The van der Waals surface area contributed by atoms with E-state index in [2.05, 4.69) is 129 Å². The van der Waals surface area contributed by atoms with E-state index in [0.717, 1.165) is 24.7 Å². The molecule has 0 amide bonds. The van der Waals surface area contributed by atoms with Crippen LogP contribution in [-0.4, -0.2) is 16.1 Å². The maximum absolute atomic E-state index is 2.70. The lowest BCUT2D eigenvalue weighted by Crippen LogP contribution is -2.46. The highest BCUT2D eigenvalue weighted by Crippen LogP contribution is 2.44. The fraction of sp³-hybridized carbons (Fsp3) is 0.571. The molecule has 3 aromatic rings. The molecule has 3 aromatic carbocycles. The number of fused-ring (bicyclic) bond motifs is 2. The third-order valence-corrected chi connectivity index (χ3v) is 14.4. The predicted molar refractivity (Wildman–Crippen MR) is 201 cm³/mol. The van der Waals surface area contributed by atoms with Crippen LogP contribution in [-0.2, 0) is 38.5 Å². The van der Waals surface area contributed by atoms with Crippen LogP contribution in [0.25, 0.3) is 0 Å². The van der Waals surface area contributed by atoms with E-state index in [1.807, 2.05) is 0 Å². The molecule has 2 atom stereocenters. The molecular formula is C42H62Si2. The third-order valence-electron chi connectivity index (χ3n) is 10.3. The summed E-state index contributed by atoms with van der Waals surface area (Å²) in [6, 6.07) is 20.3. The summed E-state index contributed by atoms with van der Waals surface area (Å²) in [7, 11) is -3.00. The lowest BCUT2D eigenvalue weighted by atomic mass is 9.69. The smallest absolute Gasteiger partial charge is 0.0656 e. The molecule has 0 saturated heterocycles. The Hall–Kier alpha value is -1.91. The van der Waals surface area contributed by atoms with Gasteiger partial charge in [-0.2, -0.15) is 0 Å². The van der Waals surface area contributed by atoms with E-state index in [-0.39, 0.29) is 0 Å². The largest absolute Gasteiger partial charge is 0.0779 e. The first-order chi connectivity index (χ1) is 20.3. The second-order valence-corrected chi connectivity index (χ2v) is 29.1. The van der Waals surface area contributed by atoms with Crippen molar-refractivity contribution in [3.8, 4) is 0 Å². The summed E-state index contributed by atoms with van der Waals surface area (Å²) in [6.45, 7) is 29.6. The molecule has 0 fully saturated rings. The fourth-order valence-corrected chi connectivity index (χ4v) is 11.7. The molecule has 0 bridgehead atoms. The first-order valence-electron chi connectivity index (χ1n) is 17.7. The van der Waals surface area contributed by atoms with E-state index in [9.17, 15) is 0 Å². The summed E-state index contributed by atoms with van der Waals surface area (Å²) >= 11 is 0. The molecule has 0 N–H and O–H groups in total. The van der Waals surface area contributed by atoms with Crippen LogP contribution in [0.4, 0.5) is 0 Å². The molecule has 0 radical (unpaired) electrons. The van der Waals surface area contributed by atoms with E-state index in [0.29, 0.717) is 10.8 Å². The molecule has 0 aromatic heterocycles. The summed E-state index contributed by atoms with van der Waals surface area (Å²) in [5, 5.41) is 3.40. The van der Waals surface area contributed by atoms with Gasteiger partial charge >= 0.3 is 0 Å². The molecule has 0 nitrogen and oxygen atoms in total. The van der Waals surface area contributed by atoms with Crippen molar-refractivity contribution in [2.24, 2.45) is 10.8 Å². The van der Waals surface area contributed by atoms with Gasteiger partial charge in [0.15, 0.2) is 0 Å². The normalized spacial score (nSPS) is 18.4. The summed E-state index contributed by atoms with van der Waals surface area (Å²) < 4.78 is 0. The minimum atomic E-state index is -1.50. The van der Waals surface area contributed by atoms with Crippen molar-refractivity contribution >= 4 is 26.5 Å². The first kappa shape index (κ1) is 33.5. The molecule has 0 saturated carbocycles. The third kappa shape index (κ3) is 7.90. The van der Waals surface area contributed by atoms with Crippen molar-refractivity contribution in [1.29, 1.82) is 0 Å². The second-order valence-electron chi connectivity index (χ2n) is 19.1. The monoisotopic (exact) mass is 622 g/mol. The number of benzene rings is 3. The van der Waals surface area contributed by atoms with E-state index in [4.69, 9.17) is 0 Å². The molecule has 238 valence electrons. The maximum atomic E-state index is 2.70. The van der Waals surface area contributed by atoms with Crippen LogP contribution < -0.4 is 10.4 Å². The minimum Gasteiger partial charge on any atom is -0.0656 e. The Morgan fingerprint density at radius 3 is 1.18 bits per heavy atom. The first-order valence-corrected chi connectivity index (χ1v) is 24.7. The van der Waals surface area contributed by atoms with Crippen molar-refractivity contribution < 1.29 is 0 Å². The van der Waals surface area contributed by atoms with Crippen molar-refractivity contribution in [1.82, 2.24) is 0 Å². The SMILES string of the molecule is CC(C)(C)CC1Cc2cc(CCc3cc([Si](C)(C)C)c(CCc4ccc5c(c4)CC5CC(C)(C)C)cc3[Si](C)(C)C)ccc21. The summed E-state index contributed by atoms with van der Waals surface area (Å²) in [6.07, 6.45) is 9.80. The molecule has 0 aliphatic heterocycles. The van der Waals surface area contributed by atoms with Crippen LogP contribution >= 0.6 is 0 Å². The van der Waals surface area contributed by atoms with Crippen LogP contribution in [0.1, 0.15) is 111 Å². The molecular weight excluding hydrogens is 561 g/mol. The van der Waals surface area contributed by atoms with Crippen LogP contribution in [0.15, 0.2) is 48.5 Å². The van der Waals surface area contributed by atoms with Crippen LogP contribution in [0.5, 0.6) is 0 Å². The highest BCUT2D eigenvalue weighted by Gasteiger charge is 2.32.